The number of carbonyl (C=O) groups excluding carboxylic acids is 2. The zero-order chi connectivity index (χ0) is 40.7. The maximum absolute atomic E-state index is 13.5. The van der Waals surface area contributed by atoms with Crippen LogP contribution in [0.2, 0.25) is 0 Å². The maximum atomic E-state index is 13.5. The summed E-state index contributed by atoms with van der Waals surface area (Å²) in [7, 11) is -2.40. The normalized spacial score (nSPS) is 14.4. The molecule has 55 heavy (non-hydrogen) atoms. The van der Waals surface area contributed by atoms with Gasteiger partial charge in [-0.15, -0.1) is 6.58 Å². The highest BCUT2D eigenvalue weighted by Gasteiger charge is 2.29. The van der Waals surface area contributed by atoms with E-state index in [-0.39, 0.29) is 64.2 Å². The largest absolute Gasteiger partial charge is 0.475 e. The molecule has 1 amide bonds. The van der Waals surface area contributed by atoms with Crippen molar-refractivity contribution in [3.8, 4) is 0 Å². The zero-order valence-corrected chi connectivity index (χ0v) is 36.2. The Bertz CT molecular complexity index is 986. The smallest absolute Gasteiger partial charge is 0.462 e. The molecule has 2 unspecified atom stereocenters. The van der Waals surface area contributed by atoms with E-state index >= 15 is 0 Å². The molecule has 13 heteroatoms. The first-order valence-electron chi connectivity index (χ1n) is 21.4. The van der Waals surface area contributed by atoms with E-state index in [0.29, 0.717) is 32.3 Å². The summed E-state index contributed by atoms with van der Waals surface area (Å²) in [5, 5.41) is 2.96. The molecule has 4 atom stereocenters. The number of hydrogen-bond donors (Lipinski definition) is 2. The highest BCUT2D eigenvalue weighted by molar-refractivity contribution is 7.48. The van der Waals surface area contributed by atoms with Gasteiger partial charge >= 0.3 is 13.8 Å². The Hall–Kier alpha value is -1.63. The molecule has 12 nitrogen and oxygen atoms in total. The Morgan fingerprint density at radius 3 is 1.98 bits per heavy atom. The molecule has 0 rings (SSSR count). The van der Waals surface area contributed by atoms with Crippen LogP contribution in [-0.4, -0.2) is 83.6 Å². The van der Waals surface area contributed by atoms with Crippen LogP contribution in [0, 0.1) is 0 Å². The second-order valence-corrected chi connectivity index (χ2v) is 15.9. The predicted molar refractivity (Wildman–Crippen MR) is 222 cm³/mol. The van der Waals surface area contributed by atoms with E-state index in [2.05, 4.69) is 44.8 Å². The van der Waals surface area contributed by atoms with Crippen LogP contribution in [0.3, 0.4) is 0 Å². The van der Waals surface area contributed by atoms with Gasteiger partial charge in [0.15, 0.2) is 0 Å². The van der Waals surface area contributed by atoms with Gasteiger partial charge in [0.05, 0.1) is 45.0 Å². The lowest BCUT2D eigenvalue weighted by Crippen LogP contribution is -2.43. The molecule has 0 aliphatic heterocycles. The number of ether oxygens (including phenoxy) is 4. The van der Waals surface area contributed by atoms with Gasteiger partial charge in [0, 0.05) is 26.7 Å². The number of nitrogens with one attached hydrogen (secondary N) is 1. The first-order valence-corrected chi connectivity index (χ1v) is 22.9. The number of esters is 1. The summed E-state index contributed by atoms with van der Waals surface area (Å²) in [4.78, 5) is 26.4. The molecular formula is C42H81N2O10P. The Labute approximate surface area is 335 Å². The number of carbonyl (C=O) groups is 2. The van der Waals surface area contributed by atoms with Crippen molar-refractivity contribution < 1.29 is 46.7 Å². The number of unbranched alkanes of at least 4 members (excludes halogenated alkanes) is 13. The summed E-state index contributed by atoms with van der Waals surface area (Å²) in [6.07, 6.45) is 26.2. The fourth-order valence-electron chi connectivity index (χ4n) is 5.83. The molecule has 0 aromatic rings. The van der Waals surface area contributed by atoms with Crippen molar-refractivity contribution in [1.82, 2.24) is 5.32 Å². The fourth-order valence-corrected chi connectivity index (χ4v) is 7.03. The quantitative estimate of drug-likeness (QED) is 0.0199. The van der Waals surface area contributed by atoms with Crippen molar-refractivity contribution in [1.29, 1.82) is 0 Å². The molecule has 0 heterocycles. The summed E-state index contributed by atoms with van der Waals surface area (Å²) >= 11 is 0. The lowest BCUT2D eigenvalue weighted by molar-refractivity contribution is -0.151. The minimum absolute atomic E-state index is 0.00700. The summed E-state index contributed by atoms with van der Waals surface area (Å²) in [6.45, 7) is 10.6. The van der Waals surface area contributed by atoms with Gasteiger partial charge in [-0.2, -0.15) is 0 Å². The summed E-state index contributed by atoms with van der Waals surface area (Å²) in [6, 6.07) is -0.698. The zero-order valence-electron chi connectivity index (χ0n) is 35.3. The van der Waals surface area contributed by atoms with Crippen LogP contribution in [-0.2, 0) is 46.7 Å². The van der Waals surface area contributed by atoms with Crippen LogP contribution in [0.4, 0.5) is 0 Å². The Balaban J connectivity index is 5.50. The van der Waals surface area contributed by atoms with Crippen molar-refractivity contribution in [2.45, 2.75) is 180 Å². The third kappa shape index (κ3) is 34.2. The first-order chi connectivity index (χ1) is 26.8. The Kier molecular flexibility index (Phi) is 38.0. The van der Waals surface area contributed by atoms with E-state index in [1.807, 2.05) is 0 Å². The monoisotopic (exact) mass is 805 g/mol. The summed E-state index contributed by atoms with van der Waals surface area (Å²) in [5.41, 5.74) is 5.57. The molecule has 0 aromatic carbocycles. The Morgan fingerprint density at radius 1 is 0.745 bits per heavy atom. The summed E-state index contributed by atoms with van der Waals surface area (Å²) in [5.74, 6) is -0.619. The third-order valence-electron chi connectivity index (χ3n) is 8.95. The maximum Gasteiger partial charge on any atom is 0.475 e. The SMILES string of the molecule is C=CCOP(=O)(OCCN)OCC(COCC[C@@H](CCCCCCC)OCOC)NC(=O)C[C@@H](CCCCCCC)OC(=O)CCC/C=C\CCCCCC. The van der Waals surface area contributed by atoms with Gasteiger partial charge in [0.25, 0.3) is 0 Å². The van der Waals surface area contributed by atoms with E-state index in [9.17, 15) is 14.2 Å². The molecule has 0 spiro atoms. The lowest BCUT2D eigenvalue weighted by atomic mass is 10.1. The molecule has 0 radical (unpaired) electrons. The number of allylic oxidation sites excluding steroid dienone is 2. The van der Waals surface area contributed by atoms with Crippen LogP contribution < -0.4 is 11.1 Å². The third-order valence-corrected chi connectivity index (χ3v) is 10.4. The van der Waals surface area contributed by atoms with E-state index in [0.717, 1.165) is 64.2 Å². The van der Waals surface area contributed by atoms with Crippen LogP contribution in [0.15, 0.2) is 24.8 Å². The van der Waals surface area contributed by atoms with Gasteiger partial charge in [-0.25, -0.2) is 4.57 Å². The Morgan fingerprint density at radius 2 is 1.36 bits per heavy atom. The number of hydrogen-bond acceptors (Lipinski definition) is 11. The minimum atomic E-state index is -4.00. The van der Waals surface area contributed by atoms with E-state index < -0.39 is 20.0 Å². The number of amides is 1. The van der Waals surface area contributed by atoms with Crippen LogP contribution in [0.25, 0.3) is 0 Å². The topological polar surface area (TPSA) is 154 Å². The molecule has 324 valence electrons. The number of methoxy groups -OCH3 is 1. The van der Waals surface area contributed by atoms with Gasteiger partial charge in [-0.05, 0) is 51.4 Å². The second-order valence-electron chi connectivity index (χ2n) is 14.2. The van der Waals surface area contributed by atoms with Gasteiger partial charge in [-0.1, -0.05) is 116 Å². The molecule has 0 saturated carbocycles. The highest BCUT2D eigenvalue weighted by atomic mass is 31.2. The van der Waals surface area contributed by atoms with Crippen LogP contribution >= 0.6 is 7.82 Å². The predicted octanol–water partition coefficient (Wildman–Crippen LogP) is 9.89. The molecule has 3 N–H and O–H groups in total. The average molecular weight is 805 g/mol. The van der Waals surface area contributed by atoms with Crippen LogP contribution in [0.1, 0.15) is 162 Å². The van der Waals surface area contributed by atoms with E-state index in [4.69, 9.17) is 38.3 Å². The molecular weight excluding hydrogens is 723 g/mol. The molecule has 0 aromatic heterocycles. The van der Waals surface area contributed by atoms with Gasteiger partial charge in [0.2, 0.25) is 5.91 Å². The number of nitrogens with two attached hydrogens (primary N) is 1. The lowest BCUT2D eigenvalue weighted by Gasteiger charge is -2.24. The number of phosphoric acid groups is 1. The van der Waals surface area contributed by atoms with Crippen molar-refractivity contribution in [3.63, 3.8) is 0 Å². The highest BCUT2D eigenvalue weighted by Crippen LogP contribution is 2.49. The first kappa shape index (κ1) is 53.4. The second kappa shape index (κ2) is 39.2. The van der Waals surface area contributed by atoms with Crippen molar-refractivity contribution >= 4 is 19.7 Å². The average Bonchev–Trinajstić information content (AvgIpc) is 3.17. The molecule has 0 aliphatic carbocycles. The summed E-state index contributed by atoms with van der Waals surface area (Å²) < 4.78 is 52.6. The standard InChI is InChI=1S/C42H81N2O10P/c1-6-10-13-16-17-18-19-22-25-28-42(46)54-40(27-24-21-15-12-8-3)34-41(45)44-38(36-53-55(47,51-31-9-4)52-33-30-43)35-49-32-29-39(50-37-48-5)26-23-20-14-11-7-2/h9,18-19,38-40H,4,6-8,10-17,20-37,43H2,1-3,5H3,(H,44,45)/b19-18-/t38?,39-,40-,55?/m1/s1. The number of phosphoric ester groups is 1. The molecule has 0 bridgehead atoms. The fraction of sp³-hybridized carbons (Fsp3) is 0.857. The van der Waals surface area contributed by atoms with Gasteiger partial charge in [0.1, 0.15) is 12.9 Å². The van der Waals surface area contributed by atoms with Gasteiger partial charge < -0.3 is 30.0 Å². The van der Waals surface area contributed by atoms with E-state index in [1.165, 1.54) is 51.0 Å². The van der Waals surface area contributed by atoms with Gasteiger partial charge in [-0.3, -0.25) is 23.2 Å². The minimum Gasteiger partial charge on any atom is -0.462 e. The van der Waals surface area contributed by atoms with Crippen LogP contribution in [0.5, 0.6) is 0 Å². The van der Waals surface area contributed by atoms with Crippen molar-refractivity contribution in [2.24, 2.45) is 5.73 Å². The molecule has 0 saturated heterocycles. The van der Waals surface area contributed by atoms with Crippen molar-refractivity contribution in [3.05, 3.63) is 24.8 Å². The molecule has 0 fully saturated rings. The van der Waals surface area contributed by atoms with E-state index in [1.54, 1.807) is 7.11 Å². The van der Waals surface area contributed by atoms with Crippen molar-refractivity contribution in [2.75, 3.05) is 53.5 Å². The number of rotatable bonds is 42. The molecule has 0 aliphatic rings.